The van der Waals surface area contributed by atoms with E-state index in [1.165, 1.54) is 4.90 Å². The molecule has 1 aromatic heterocycles. The van der Waals surface area contributed by atoms with Crippen LogP contribution in [0.2, 0.25) is 10.0 Å². The van der Waals surface area contributed by atoms with Crippen LogP contribution in [0.4, 0.5) is 4.79 Å². The molecule has 0 aliphatic carbocycles. The maximum absolute atomic E-state index is 13.1. The molecule has 4 nitrogen and oxygen atoms in total. The topological polar surface area (TPSA) is 42.3 Å². The number of para-hydroxylation sites is 1. The normalized spacial score (nSPS) is 15.1. The summed E-state index contributed by atoms with van der Waals surface area (Å²) in [4.78, 5) is 27.4. The fourth-order valence-corrected chi connectivity index (χ4v) is 5.37. The molecule has 7 heteroatoms. The minimum absolute atomic E-state index is 0.259. The third-order valence-corrected chi connectivity index (χ3v) is 7.45. The lowest BCUT2D eigenvalue weighted by atomic mass is 10.1. The highest BCUT2D eigenvalue weighted by Gasteiger charge is 2.35. The van der Waals surface area contributed by atoms with E-state index in [2.05, 4.69) is 4.57 Å². The molecule has 2 heterocycles. The minimum Gasteiger partial charge on any atom is -0.342 e. The highest BCUT2D eigenvalue weighted by Crippen LogP contribution is 2.35. The smallest absolute Gasteiger partial charge is 0.293 e. The molecule has 1 fully saturated rings. The van der Waals surface area contributed by atoms with Crippen molar-refractivity contribution in [3.8, 4) is 0 Å². The Labute approximate surface area is 211 Å². The molecule has 4 aromatic rings. The van der Waals surface area contributed by atoms with Crippen LogP contribution in [-0.2, 0) is 17.9 Å². The Kier molecular flexibility index (Phi) is 6.26. The average Bonchev–Trinajstić information content (AvgIpc) is 3.30. The van der Waals surface area contributed by atoms with Crippen molar-refractivity contribution in [2.45, 2.75) is 20.0 Å². The Morgan fingerprint density at radius 1 is 0.882 bits per heavy atom. The van der Waals surface area contributed by atoms with Gasteiger partial charge in [0.15, 0.2) is 0 Å². The van der Waals surface area contributed by atoms with Crippen LogP contribution in [0.3, 0.4) is 0 Å². The van der Waals surface area contributed by atoms with Gasteiger partial charge >= 0.3 is 0 Å². The molecule has 0 unspecified atom stereocenters. The first-order valence-electron chi connectivity index (χ1n) is 10.7. The molecule has 3 aromatic carbocycles. The first-order valence-corrected chi connectivity index (χ1v) is 12.3. The highest BCUT2D eigenvalue weighted by atomic mass is 35.5. The van der Waals surface area contributed by atoms with E-state index in [-0.39, 0.29) is 17.7 Å². The van der Waals surface area contributed by atoms with Crippen molar-refractivity contribution in [3.05, 3.63) is 110 Å². The number of thioether (sulfide) groups is 1. The number of amides is 2. The van der Waals surface area contributed by atoms with Crippen molar-refractivity contribution in [2.75, 3.05) is 0 Å². The fraction of sp³-hybridized carbons (Fsp3) is 0.111. The molecule has 1 aliphatic rings. The molecule has 170 valence electrons. The van der Waals surface area contributed by atoms with Crippen molar-refractivity contribution in [2.24, 2.45) is 0 Å². The van der Waals surface area contributed by atoms with Crippen LogP contribution in [-0.4, -0.2) is 20.6 Å². The summed E-state index contributed by atoms with van der Waals surface area (Å²) in [5.74, 6) is -0.276. The maximum atomic E-state index is 13.1. The van der Waals surface area contributed by atoms with Gasteiger partial charge in [-0.2, -0.15) is 0 Å². The number of carbonyl (C=O) groups excluding carboxylic acids is 2. The monoisotopic (exact) mass is 506 g/mol. The molecule has 0 spiro atoms. The zero-order valence-corrected chi connectivity index (χ0v) is 20.6. The zero-order valence-electron chi connectivity index (χ0n) is 18.3. The second-order valence-electron chi connectivity index (χ2n) is 8.18. The van der Waals surface area contributed by atoms with E-state index in [1.54, 1.807) is 6.08 Å². The summed E-state index contributed by atoms with van der Waals surface area (Å²) in [7, 11) is 0. The molecule has 2 amide bonds. The second-order valence-corrected chi connectivity index (χ2v) is 9.99. The van der Waals surface area contributed by atoms with E-state index in [4.69, 9.17) is 23.2 Å². The van der Waals surface area contributed by atoms with Gasteiger partial charge in [-0.05, 0) is 48.5 Å². The molecular weight excluding hydrogens is 487 g/mol. The molecule has 0 N–H and O–H groups in total. The summed E-state index contributed by atoms with van der Waals surface area (Å²) in [5, 5.41) is 1.92. The number of carbonyl (C=O) groups is 2. The summed E-state index contributed by atoms with van der Waals surface area (Å²) in [6.45, 7) is 2.75. The Morgan fingerprint density at radius 3 is 2.32 bits per heavy atom. The Bertz CT molecular complexity index is 1440. The van der Waals surface area contributed by atoms with Crippen LogP contribution in [0.15, 0.2) is 77.8 Å². The van der Waals surface area contributed by atoms with Gasteiger partial charge in [-0.25, -0.2) is 0 Å². The minimum atomic E-state index is -0.276. The highest BCUT2D eigenvalue weighted by molar-refractivity contribution is 8.18. The van der Waals surface area contributed by atoms with Crippen LogP contribution in [0.1, 0.15) is 22.3 Å². The summed E-state index contributed by atoms with van der Waals surface area (Å²) >= 11 is 13.8. The molecular formula is C27H20Cl2N2O2S. The van der Waals surface area contributed by atoms with Gasteiger partial charge in [0.05, 0.1) is 18.0 Å². The number of benzene rings is 3. The van der Waals surface area contributed by atoms with Gasteiger partial charge in [0, 0.05) is 38.3 Å². The lowest BCUT2D eigenvalue weighted by Crippen LogP contribution is -2.27. The third kappa shape index (κ3) is 4.39. The molecule has 34 heavy (non-hydrogen) atoms. The van der Waals surface area contributed by atoms with Gasteiger partial charge in [-0.1, -0.05) is 77.3 Å². The lowest BCUT2D eigenvalue weighted by molar-refractivity contribution is -0.123. The maximum Gasteiger partial charge on any atom is 0.293 e. The van der Waals surface area contributed by atoms with E-state index in [9.17, 15) is 9.59 Å². The van der Waals surface area contributed by atoms with Crippen LogP contribution in [0.5, 0.6) is 0 Å². The Balaban J connectivity index is 1.48. The SMILES string of the molecule is Cc1ccc(CN2C(=O)S/C(=C\c3cn(Cc4c(Cl)cccc4Cl)c4ccccc34)C2=O)cc1. The quantitative estimate of drug-likeness (QED) is 0.262. The van der Waals surface area contributed by atoms with Crippen LogP contribution < -0.4 is 0 Å². The number of aryl methyl sites for hydroxylation is 1. The van der Waals surface area contributed by atoms with Crippen LogP contribution in [0, 0.1) is 6.92 Å². The number of hydrogen-bond donors (Lipinski definition) is 0. The molecule has 0 bridgehead atoms. The summed E-state index contributed by atoms with van der Waals surface area (Å²) in [6.07, 6.45) is 3.77. The lowest BCUT2D eigenvalue weighted by Gasteiger charge is -2.12. The number of imide groups is 1. The van der Waals surface area contributed by atoms with Crippen molar-refractivity contribution >= 4 is 63.1 Å². The molecule has 0 atom stereocenters. The molecule has 1 saturated heterocycles. The second kappa shape index (κ2) is 9.34. The van der Waals surface area contributed by atoms with E-state index < -0.39 is 0 Å². The largest absolute Gasteiger partial charge is 0.342 e. The molecule has 5 rings (SSSR count). The van der Waals surface area contributed by atoms with Gasteiger partial charge in [0.25, 0.3) is 11.1 Å². The number of hydrogen-bond acceptors (Lipinski definition) is 3. The van der Waals surface area contributed by atoms with Crippen molar-refractivity contribution in [1.29, 1.82) is 0 Å². The Morgan fingerprint density at radius 2 is 1.59 bits per heavy atom. The van der Waals surface area contributed by atoms with Gasteiger partial charge < -0.3 is 4.57 Å². The standard InChI is InChI=1S/C27H20Cl2N2O2S/c1-17-9-11-18(12-10-17)14-31-26(32)25(34-27(31)33)13-19-15-30(24-8-3-2-5-20(19)24)16-21-22(28)6-4-7-23(21)29/h2-13,15H,14,16H2,1H3/b25-13-. The van der Waals surface area contributed by atoms with Crippen LogP contribution in [0.25, 0.3) is 17.0 Å². The van der Waals surface area contributed by atoms with E-state index in [1.807, 2.05) is 79.9 Å². The predicted octanol–water partition coefficient (Wildman–Crippen LogP) is 7.54. The molecule has 0 saturated carbocycles. The van der Waals surface area contributed by atoms with Crippen molar-refractivity contribution in [1.82, 2.24) is 9.47 Å². The summed E-state index contributed by atoms with van der Waals surface area (Å²) in [6, 6.07) is 21.2. The van der Waals surface area contributed by atoms with Gasteiger partial charge in [0.1, 0.15) is 0 Å². The summed E-state index contributed by atoms with van der Waals surface area (Å²) in [5.41, 5.74) is 4.73. The van der Waals surface area contributed by atoms with Crippen molar-refractivity contribution in [3.63, 3.8) is 0 Å². The number of fused-ring (bicyclic) bond motifs is 1. The third-order valence-electron chi connectivity index (χ3n) is 5.83. The Hall–Kier alpha value is -2.99. The van der Waals surface area contributed by atoms with Gasteiger partial charge in [-0.3, -0.25) is 14.5 Å². The zero-order chi connectivity index (χ0) is 23.8. The summed E-state index contributed by atoms with van der Waals surface area (Å²) < 4.78 is 2.06. The molecule has 0 radical (unpaired) electrons. The first kappa shape index (κ1) is 22.8. The number of halogens is 2. The fourth-order valence-electron chi connectivity index (χ4n) is 4.03. The van der Waals surface area contributed by atoms with Crippen molar-refractivity contribution < 1.29 is 9.59 Å². The molecule has 1 aliphatic heterocycles. The van der Waals surface area contributed by atoms with Gasteiger partial charge in [-0.15, -0.1) is 0 Å². The van der Waals surface area contributed by atoms with E-state index >= 15 is 0 Å². The first-order chi connectivity index (χ1) is 16.4. The number of rotatable bonds is 5. The van der Waals surface area contributed by atoms with E-state index in [0.717, 1.165) is 44.9 Å². The van der Waals surface area contributed by atoms with E-state index in [0.29, 0.717) is 21.5 Å². The number of nitrogens with zero attached hydrogens (tertiary/aromatic N) is 2. The predicted molar refractivity (Wildman–Crippen MR) is 140 cm³/mol. The van der Waals surface area contributed by atoms with Crippen LogP contribution >= 0.6 is 35.0 Å². The van der Waals surface area contributed by atoms with Gasteiger partial charge in [0.2, 0.25) is 0 Å². The average molecular weight is 507 g/mol. The number of aromatic nitrogens is 1.